The minimum Gasteiger partial charge on any atom is -0.394 e. The van der Waals surface area contributed by atoms with Crippen LogP contribution >= 0.6 is 11.8 Å². The average Bonchev–Trinajstić information content (AvgIpc) is 2.71. The van der Waals surface area contributed by atoms with Crippen LogP contribution in [0.25, 0.3) is 0 Å². The van der Waals surface area contributed by atoms with E-state index in [0.29, 0.717) is 5.56 Å². The predicted octanol–water partition coefficient (Wildman–Crippen LogP) is 2.18. The summed E-state index contributed by atoms with van der Waals surface area (Å²) < 4.78 is 0. The van der Waals surface area contributed by atoms with Crippen molar-refractivity contribution >= 4 is 17.7 Å². The second-order valence-electron chi connectivity index (χ2n) is 4.74. The standard InChI is InChI=1S/C14H20N2O2S/c1-19-13-12(7-5-8-15-13)14(18)16-9-4-2-3-6-11(16)10-17/h5,7-8,11,17H,2-4,6,9-10H2,1H3. The van der Waals surface area contributed by atoms with E-state index < -0.39 is 0 Å². The quantitative estimate of drug-likeness (QED) is 0.862. The first-order valence-electron chi connectivity index (χ1n) is 6.68. The number of likely N-dealkylation sites (tertiary alicyclic amines) is 1. The lowest BCUT2D eigenvalue weighted by molar-refractivity contribution is 0.0595. The zero-order chi connectivity index (χ0) is 13.7. The molecule has 0 spiro atoms. The van der Waals surface area contributed by atoms with Crippen LogP contribution in [0.2, 0.25) is 0 Å². The van der Waals surface area contributed by atoms with Gasteiger partial charge in [-0.05, 0) is 31.2 Å². The van der Waals surface area contributed by atoms with Gasteiger partial charge in [-0.2, -0.15) is 0 Å². The molecule has 1 N–H and O–H groups in total. The number of rotatable bonds is 3. The molecule has 1 aliphatic rings. The third-order valence-electron chi connectivity index (χ3n) is 3.54. The molecule has 0 radical (unpaired) electrons. The van der Waals surface area contributed by atoms with Gasteiger partial charge in [0.1, 0.15) is 5.03 Å². The molecule has 2 heterocycles. The molecule has 0 saturated carbocycles. The lowest BCUT2D eigenvalue weighted by Crippen LogP contribution is -2.42. The van der Waals surface area contributed by atoms with Crippen LogP contribution in [0.15, 0.2) is 23.4 Å². The van der Waals surface area contributed by atoms with Crippen LogP contribution < -0.4 is 0 Å². The van der Waals surface area contributed by atoms with Gasteiger partial charge in [-0.15, -0.1) is 11.8 Å². The van der Waals surface area contributed by atoms with Crippen molar-refractivity contribution in [2.45, 2.75) is 36.8 Å². The Hall–Kier alpha value is -1.07. The summed E-state index contributed by atoms with van der Waals surface area (Å²) in [6.45, 7) is 0.771. The molecule has 0 bridgehead atoms. The Kier molecular flexibility index (Phi) is 5.22. The first-order valence-corrected chi connectivity index (χ1v) is 7.91. The monoisotopic (exact) mass is 280 g/mol. The SMILES string of the molecule is CSc1ncccc1C(=O)N1CCCCCC1CO. The fourth-order valence-electron chi connectivity index (χ4n) is 2.51. The molecule has 1 fully saturated rings. The number of hydrogen-bond donors (Lipinski definition) is 1. The molecule has 4 nitrogen and oxygen atoms in total. The van der Waals surface area contributed by atoms with Crippen molar-refractivity contribution in [3.05, 3.63) is 23.9 Å². The largest absolute Gasteiger partial charge is 0.394 e. The number of carbonyl (C=O) groups excluding carboxylic acids is 1. The minimum absolute atomic E-state index is 0.00148. The molecule has 1 unspecified atom stereocenters. The Balaban J connectivity index is 2.25. The van der Waals surface area contributed by atoms with Crippen LogP contribution in [0.4, 0.5) is 0 Å². The average molecular weight is 280 g/mol. The van der Waals surface area contributed by atoms with Gasteiger partial charge in [-0.25, -0.2) is 4.98 Å². The van der Waals surface area contributed by atoms with Gasteiger partial charge < -0.3 is 10.0 Å². The van der Waals surface area contributed by atoms with E-state index in [1.165, 1.54) is 11.8 Å². The summed E-state index contributed by atoms with van der Waals surface area (Å²) in [5.41, 5.74) is 0.648. The van der Waals surface area contributed by atoms with Gasteiger partial charge in [0.25, 0.3) is 5.91 Å². The third-order valence-corrected chi connectivity index (χ3v) is 4.26. The van der Waals surface area contributed by atoms with E-state index in [1.54, 1.807) is 12.3 Å². The molecule has 2 rings (SSSR count). The highest BCUT2D eigenvalue weighted by atomic mass is 32.2. The zero-order valence-corrected chi connectivity index (χ0v) is 12.0. The van der Waals surface area contributed by atoms with E-state index in [2.05, 4.69) is 4.98 Å². The molecule has 5 heteroatoms. The van der Waals surface area contributed by atoms with Crippen LogP contribution in [-0.4, -0.2) is 46.3 Å². The summed E-state index contributed by atoms with van der Waals surface area (Å²) in [5.74, 6) is -0.00148. The van der Waals surface area contributed by atoms with E-state index in [-0.39, 0.29) is 18.6 Å². The van der Waals surface area contributed by atoms with E-state index in [4.69, 9.17) is 0 Å². The third kappa shape index (κ3) is 3.28. The Labute approximate surface area is 118 Å². The number of aliphatic hydroxyl groups is 1. The normalized spacial score (nSPS) is 20.1. The maximum Gasteiger partial charge on any atom is 0.256 e. The summed E-state index contributed by atoms with van der Waals surface area (Å²) in [6.07, 6.45) is 7.73. The van der Waals surface area contributed by atoms with Crippen LogP contribution in [0.5, 0.6) is 0 Å². The minimum atomic E-state index is -0.0510. The molecule has 1 amide bonds. The number of nitrogens with zero attached hydrogens (tertiary/aromatic N) is 2. The van der Waals surface area contributed by atoms with E-state index in [1.807, 2.05) is 17.2 Å². The molecule has 1 aliphatic heterocycles. The summed E-state index contributed by atoms with van der Waals surface area (Å²) in [4.78, 5) is 18.7. The number of hydrogen-bond acceptors (Lipinski definition) is 4. The van der Waals surface area contributed by atoms with Gasteiger partial charge in [0.05, 0.1) is 18.2 Å². The van der Waals surface area contributed by atoms with Crippen LogP contribution in [-0.2, 0) is 0 Å². The van der Waals surface area contributed by atoms with Crippen LogP contribution in [0, 0.1) is 0 Å². The molecule has 19 heavy (non-hydrogen) atoms. The van der Waals surface area contributed by atoms with E-state index in [9.17, 15) is 9.90 Å². The lowest BCUT2D eigenvalue weighted by Gasteiger charge is -2.29. The fraction of sp³-hybridized carbons (Fsp3) is 0.571. The molecule has 1 atom stereocenters. The lowest BCUT2D eigenvalue weighted by atomic mass is 10.1. The Bertz CT molecular complexity index is 439. The first-order chi connectivity index (χ1) is 9.27. The Morgan fingerprint density at radius 1 is 1.53 bits per heavy atom. The first kappa shape index (κ1) is 14.3. The molecule has 1 saturated heterocycles. The second kappa shape index (κ2) is 6.91. The van der Waals surface area contributed by atoms with Crippen molar-refractivity contribution in [2.24, 2.45) is 0 Å². The number of amides is 1. The van der Waals surface area contributed by atoms with Gasteiger partial charge in [-0.1, -0.05) is 12.8 Å². The number of aromatic nitrogens is 1. The number of pyridine rings is 1. The van der Waals surface area contributed by atoms with Gasteiger partial charge >= 0.3 is 0 Å². The highest BCUT2D eigenvalue weighted by molar-refractivity contribution is 7.98. The van der Waals surface area contributed by atoms with Crippen molar-refractivity contribution in [1.29, 1.82) is 0 Å². The topological polar surface area (TPSA) is 53.4 Å². The van der Waals surface area contributed by atoms with Crippen molar-refractivity contribution in [2.75, 3.05) is 19.4 Å². The fourth-order valence-corrected chi connectivity index (χ4v) is 3.05. The Morgan fingerprint density at radius 2 is 2.37 bits per heavy atom. The Morgan fingerprint density at radius 3 is 3.11 bits per heavy atom. The van der Waals surface area contributed by atoms with Crippen LogP contribution in [0.1, 0.15) is 36.0 Å². The van der Waals surface area contributed by atoms with Gasteiger partial charge in [0.2, 0.25) is 0 Å². The summed E-state index contributed by atoms with van der Waals surface area (Å²) >= 11 is 1.48. The van der Waals surface area contributed by atoms with E-state index >= 15 is 0 Å². The highest BCUT2D eigenvalue weighted by Crippen LogP contribution is 2.23. The molecule has 1 aromatic rings. The van der Waals surface area contributed by atoms with Crippen molar-refractivity contribution in [3.63, 3.8) is 0 Å². The predicted molar refractivity (Wildman–Crippen MR) is 76.4 cm³/mol. The molecule has 104 valence electrons. The maximum atomic E-state index is 12.7. The van der Waals surface area contributed by atoms with Crippen molar-refractivity contribution in [3.8, 4) is 0 Å². The highest BCUT2D eigenvalue weighted by Gasteiger charge is 2.27. The number of aliphatic hydroxyl groups excluding tert-OH is 1. The molecule has 0 aromatic carbocycles. The molecule has 0 aliphatic carbocycles. The van der Waals surface area contributed by atoms with E-state index in [0.717, 1.165) is 37.3 Å². The summed E-state index contributed by atoms with van der Waals surface area (Å²) in [5, 5.41) is 10.3. The summed E-state index contributed by atoms with van der Waals surface area (Å²) in [6, 6.07) is 3.56. The van der Waals surface area contributed by atoms with Crippen molar-refractivity contribution < 1.29 is 9.90 Å². The molecular formula is C14H20N2O2S. The van der Waals surface area contributed by atoms with Crippen molar-refractivity contribution in [1.82, 2.24) is 9.88 Å². The molecular weight excluding hydrogens is 260 g/mol. The molecule has 1 aromatic heterocycles. The number of thioether (sulfide) groups is 1. The van der Waals surface area contributed by atoms with Gasteiger partial charge in [-0.3, -0.25) is 4.79 Å². The zero-order valence-electron chi connectivity index (χ0n) is 11.2. The van der Waals surface area contributed by atoms with Crippen LogP contribution in [0.3, 0.4) is 0 Å². The van der Waals surface area contributed by atoms with Gasteiger partial charge in [0.15, 0.2) is 0 Å². The summed E-state index contributed by atoms with van der Waals surface area (Å²) in [7, 11) is 0. The number of carbonyl (C=O) groups is 1. The second-order valence-corrected chi connectivity index (χ2v) is 5.54. The maximum absolute atomic E-state index is 12.7. The smallest absolute Gasteiger partial charge is 0.256 e. The van der Waals surface area contributed by atoms with Gasteiger partial charge in [0, 0.05) is 12.7 Å².